The summed E-state index contributed by atoms with van der Waals surface area (Å²) in [7, 11) is 0. The summed E-state index contributed by atoms with van der Waals surface area (Å²) in [5.74, 6) is -0.711. The average Bonchev–Trinajstić information content (AvgIpc) is 2.36. The van der Waals surface area contributed by atoms with Crippen LogP contribution in [0.2, 0.25) is 0 Å². The van der Waals surface area contributed by atoms with Gasteiger partial charge in [-0.1, -0.05) is 43.7 Å². The normalized spacial score (nSPS) is 13.5. The molecule has 17 heavy (non-hydrogen) atoms. The predicted molar refractivity (Wildman–Crippen MR) is 67.0 cm³/mol. The Bertz CT molecular complexity index is 394. The van der Waals surface area contributed by atoms with Crippen molar-refractivity contribution in [1.29, 1.82) is 5.26 Å². The number of carbonyl (C=O) groups excluding carboxylic acids is 1. The molecule has 3 heteroatoms. The van der Waals surface area contributed by atoms with E-state index in [1.165, 1.54) is 0 Å². The molecule has 0 bridgehead atoms. The second kappa shape index (κ2) is 6.70. The number of carbonyl (C=O) groups is 1. The maximum atomic E-state index is 11.8. The van der Waals surface area contributed by atoms with Crippen LogP contribution in [0.15, 0.2) is 30.3 Å². The van der Waals surface area contributed by atoms with Crippen LogP contribution < -0.4 is 5.32 Å². The fourth-order valence-corrected chi connectivity index (χ4v) is 1.68. The highest BCUT2D eigenvalue weighted by Crippen LogP contribution is 2.13. The molecule has 0 saturated heterocycles. The SMILES string of the molecule is CCCC(C#N)C(=O)N[C@H](C)c1ccccc1. The van der Waals surface area contributed by atoms with E-state index in [1.54, 1.807) is 0 Å². The molecule has 0 aliphatic carbocycles. The van der Waals surface area contributed by atoms with Crippen LogP contribution in [0.5, 0.6) is 0 Å². The monoisotopic (exact) mass is 230 g/mol. The van der Waals surface area contributed by atoms with Crippen molar-refractivity contribution >= 4 is 5.91 Å². The minimum absolute atomic E-state index is 0.0589. The molecule has 1 N–H and O–H groups in total. The Labute approximate surface area is 102 Å². The molecule has 0 aliphatic rings. The topological polar surface area (TPSA) is 52.9 Å². The molecule has 0 radical (unpaired) electrons. The number of hydrogen-bond acceptors (Lipinski definition) is 2. The van der Waals surface area contributed by atoms with Crippen LogP contribution in [0.3, 0.4) is 0 Å². The van der Waals surface area contributed by atoms with Gasteiger partial charge in [0.05, 0.1) is 12.1 Å². The fraction of sp³-hybridized carbons (Fsp3) is 0.429. The first-order valence-electron chi connectivity index (χ1n) is 5.94. The molecule has 0 spiro atoms. The van der Waals surface area contributed by atoms with Crippen LogP contribution in [0.4, 0.5) is 0 Å². The largest absolute Gasteiger partial charge is 0.348 e. The number of rotatable bonds is 5. The molecule has 3 nitrogen and oxygen atoms in total. The Balaban J connectivity index is 2.60. The van der Waals surface area contributed by atoms with Crippen LogP contribution in [-0.4, -0.2) is 5.91 Å². The third kappa shape index (κ3) is 3.92. The van der Waals surface area contributed by atoms with Gasteiger partial charge in [0.25, 0.3) is 0 Å². The van der Waals surface area contributed by atoms with E-state index in [-0.39, 0.29) is 11.9 Å². The minimum Gasteiger partial charge on any atom is -0.348 e. The maximum absolute atomic E-state index is 11.8. The summed E-state index contributed by atoms with van der Waals surface area (Å²) < 4.78 is 0. The molecular weight excluding hydrogens is 212 g/mol. The second-order valence-corrected chi connectivity index (χ2v) is 4.11. The zero-order chi connectivity index (χ0) is 12.7. The molecule has 0 aromatic heterocycles. The molecular formula is C14H18N2O. The number of benzene rings is 1. The van der Waals surface area contributed by atoms with Gasteiger partial charge in [0.1, 0.15) is 5.92 Å². The van der Waals surface area contributed by atoms with Gasteiger partial charge < -0.3 is 5.32 Å². The van der Waals surface area contributed by atoms with Gasteiger partial charge >= 0.3 is 0 Å². The minimum atomic E-state index is -0.536. The lowest BCUT2D eigenvalue weighted by Gasteiger charge is -2.16. The average molecular weight is 230 g/mol. The second-order valence-electron chi connectivity index (χ2n) is 4.11. The van der Waals surface area contributed by atoms with E-state index in [2.05, 4.69) is 5.32 Å². The summed E-state index contributed by atoms with van der Waals surface area (Å²) in [5, 5.41) is 11.8. The Morgan fingerprint density at radius 1 is 1.41 bits per heavy atom. The van der Waals surface area contributed by atoms with Crippen molar-refractivity contribution in [1.82, 2.24) is 5.32 Å². The van der Waals surface area contributed by atoms with E-state index in [9.17, 15) is 4.79 Å². The van der Waals surface area contributed by atoms with Crippen molar-refractivity contribution in [2.45, 2.75) is 32.7 Å². The fourth-order valence-electron chi connectivity index (χ4n) is 1.68. The van der Waals surface area contributed by atoms with Crippen LogP contribution in [-0.2, 0) is 4.79 Å². The molecule has 1 rings (SSSR count). The summed E-state index contributed by atoms with van der Waals surface area (Å²) in [4.78, 5) is 11.8. The summed E-state index contributed by atoms with van der Waals surface area (Å²) in [5.41, 5.74) is 1.05. The molecule has 0 fully saturated rings. The third-order valence-corrected chi connectivity index (χ3v) is 2.71. The summed E-state index contributed by atoms with van der Waals surface area (Å²) in [6.07, 6.45) is 1.45. The van der Waals surface area contributed by atoms with Crippen molar-refractivity contribution in [2.75, 3.05) is 0 Å². The van der Waals surface area contributed by atoms with E-state index in [4.69, 9.17) is 5.26 Å². The molecule has 90 valence electrons. The summed E-state index contributed by atoms with van der Waals surface area (Å²) >= 11 is 0. The third-order valence-electron chi connectivity index (χ3n) is 2.71. The van der Waals surface area contributed by atoms with Gasteiger partial charge in [-0.25, -0.2) is 0 Å². The van der Waals surface area contributed by atoms with Crippen LogP contribution >= 0.6 is 0 Å². The van der Waals surface area contributed by atoms with Crippen molar-refractivity contribution < 1.29 is 4.79 Å². The zero-order valence-electron chi connectivity index (χ0n) is 10.3. The van der Waals surface area contributed by atoms with Crippen LogP contribution in [0, 0.1) is 17.2 Å². The number of nitrogens with one attached hydrogen (secondary N) is 1. The highest BCUT2D eigenvalue weighted by atomic mass is 16.1. The van der Waals surface area contributed by atoms with Crippen molar-refractivity contribution in [2.24, 2.45) is 5.92 Å². The molecule has 0 heterocycles. The Morgan fingerprint density at radius 2 is 2.06 bits per heavy atom. The lowest BCUT2D eigenvalue weighted by atomic mass is 10.0. The molecule has 1 amide bonds. The first kappa shape index (κ1) is 13.2. The summed E-state index contributed by atoms with van der Waals surface area (Å²) in [6.45, 7) is 3.89. The molecule has 1 aromatic carbocycles. The van der Waals surface area contributed by atoms with Crippen molar-refractivity contribution in [3.8, 4) is 6.07 Å². The summed E-state index contributed by atoms with van der Waals surface area (Å²) in [6, 6.07) is 11.7. The molecule has 2 atom stereocenters. The van der Waals surface area contributed by atoms with E-state index in [0.29, 0.717) is 6.42 Å². The van der Waals surface area contributed by atoms with Gasteiger partial charge in [-0.15, -0.1) is 0 Å². The Kier molecular flexibility index (Phi) is 5.22. The predicted octanol–water partition coefficient (Wildman–Crippen LogP) is 2.80. The first-order valence-corrected chi connectivity index (χ1v) is 5.94. The maximum Gasteiger partial charge on any atom is 0.237 e. The molecule has 1 aromatic rings. The van der Waals surface area contributed by atoms with Gasteiger partial charge in [-0.05, 0) is 18.9 Å². The smallest absolute Gasteiger partial charge is 0.237 e. The lowest BCUT2D eigenvalue weighted by molar-refractivity contribution is -0.124. The number of nitriles is 1. The van der Waals surface area contributed by atoms with Gasteiger partial charge in [-0.2, -0.15) is 5.26 Å². The van der Waals surface area contributed by atoms with Gasteiger partial charge in [0.2, 0.25) is 5.91 Å². The first-order chi connectivity index (χ1) is 8.19. The van der Waals surface area contributed by atoms with Gasteiger partial charge in [0, 0.05) is 0 Å². The van der Waals surface area contributed by atoms with E-state index in [1.807, 2.05) is 50.2 Å². The standard InChI is InChI=1S/C14H18N2O/c1-3-7-13(10-15)14(17)16-11(2)12-8-5-4-6-9-12/h4-6,8-9,11,13H,3,7H2,1-2H3,(H,16,17)/t11-,13?/m1/s1. The Hall–Kier alpha value is -1.82. The van der Waals surface area contributed by atoms with Crippen molar-refractivity contribution in [3.05, 3.63) is 35.9 Å². The Morgan fingerprint density at radius 3 is 2.59 bits per heavy atom. The van der Waals surface area contributed by atoms with Crippen LogP contribution in [0.25, 0.3) is 0 Å². The quantitative estimate of drug-likeness (QED) is 0.845. The van der Waals surface area contributed by atoms with Gasteiger partial charge in [0.15, 0.2) is 0 Å². The van der Waals surface area contributed by atoms with E-state index >= 15 is 0 Å². The van der Waals surface area contributed by atoms with E-state index < -0.39 is 5.92 Å². The number of amides is 1. The molecule has 0 aliphatic heterocycles. The highest BCUT2D eigenvalue weighted by Gasteiger charge is 2.18. The van der Waals surface area contributed by atoms with Crippen molar-refractivity contribution in [3.63, 3.8) is 0 Å². The van der Waals surface area contributed by atoms with E-state index in [0.717, 1.165) is 12.0 Å². The lowest BCUT2D eigenvalue weighted by Crippen LogP contribution is -2.32. The van der Waals surface area contributed by atoms with Gasteiger partial charge in [-0.3, -0.25) is 4.79 Å². The number of nitrogens with zero attached hydrogens (tertiary/aromatic N) is 1. The number of hydrogen-bond donors (Lipinski definition) is 1. The molecule has 0 saturated carbocycles. The van der Waals surface area contributed by atoms with Crippen LogP contribution in [0.1, 0.15) is 38.3 Å². The highest BCUT2D eigenvalue weighted by molar-refractivity contribution is 5.81. The molecule has 1 unspecified atom stereocenters. The zero-order valence-corrected chi connectivity index (χ0v) is 10.3.